The number of anilines is 3. The molecule has 182 valence electrons. The predicted octanol–water partition coefficient (Wildman–Crippen LogP) is 3.88. The summed E-state index contributed by atoms with van der Waals surface area (Å²) in [7, 11) is -3.07. The van der Waals surface area contributed by atoms with Crippen molar-refractivity contribution in [2.75, 3.05) is 35.6 Å². The summed E-state index contributed by atoms with van der Waals surface area (Å²) in [4.78, 5) is 25.0. The molecule has 0 unspecified atom stereocenters. The van der Waals surface area contributed by atoms with Gasteiger partial charge in [-0.2, -0.15) is 4.98 Å². The van der Waals surface area contributed by atoms with Gasteiger partial charge in [-0.1, -0.05) is 35.3 Å². The number of hydrogen-bond acceptors (Lipinski definition) is 8. The standard InChI is InChI=1S/C23H21Cl2N5O4S/c1-35(32,33)13-29-8-7-14-9-16(6-5-15(14)11-29)27-23-26-10-17-21(28-23)34-12-30(22(17)31)20-18(24)3-2-4-19(20)25/h2-6,9-10H,7-8,11-13H2,1H3,(H,26,27,28). The highest BCUT2D eigenvalue weighted by molar-refractivity contribution is 7.90. The number of ether oxygens (including phenoxy) is 1. The van der Waals surface area contributed by atoms with Crippen LogP contribution in [0.3, 0.4) is 0 Å². The molecule has 2 aromatic carbocycles. The van der Waals surface area contributed by atoms with Gasteiger partial charge in [0.15, 0.2) is 16.6 Å². The fraction of sp³-hybridized carbons (Fsp3) is 0.261. The molecule has 1 aromatic heterocycles. The van der Waals surface area contributed by atoms with Crippen LogP contribution in [0.15, 0.2) is 42.6 Å². The Morgan fingerprint density at radius 3 is 2.66 bits per heavy atom. The number of benzene rings is 2. The van der Waals surface area contributed by atoms with E-state index >= 15 is 0 Å². The molecule has 2 aliphatic heterocycles. The van der Waals surface area contributed by atoms with Crippen molar-refractivity contribution in [2.45, 2.75) is 13.0 Å². The number of rotatable bonds is 5. The summed E-state index contributed by atoms with van der Waals surface area (Å²) in [6.45, 7) is 1.16. The Hall–Kier alpha value is -2.92. The largest absolute Gasteiger partial charge is 0.455 e. The Bertz CT molecular complexity index is 1410. The van der Waals surface area contributed by atoms with E-state index in [4.69, 9.17) is 27.9 Å². The molecule has 0 spiro atoms. The smallest absolute Gasteiger partial charge is 0.268 e. The lowest BCUT2D eigenvalue weighted by Gasteiger charge is -2.29. The van der Waals surface area contributed by atoms with Gasteiger partial charge in [-0.05, 0) is 41.8 Å². The number of amides is 1. The van der Waals surface area contributed by atoms with Gasteiger partial charge in [-0.15, -0.1) is 0 Å². The van der Waals surface area contributed by atoms with Crippen LogP contribution in [0.4, 0.5) is 17.3 Å². The Morgan fingerprint density at radius 1 is 1.14 bits per heavy atom. The molecule has 35 heavy (non-hydrogen) atoms. The summed E-state index contributed by atoms with van der Waals surface area (Å²) in [6.07, 6.45) is 3.39. The first-order chi connectivity index (χ1) is 16.7. The van der Waals surface area contributed by atoms with Crippen molar-refractivity contribution in [3.05, 3.63) is 69.3 Å². The quantitative estimate of drug-likeness (QED) is 0.526. The highest BCUT2D eigenvalue weighted by Gasteiger charge is 2.31. The SMILES string of the molecule is CS(=O)(=O)CN1CCc2cc(Nc3ncc4c(n3)OCN(c3c(Cl)cccc3Cl)C4=O)ccc2C1. The van der Waals surface area contributed by atoms with Crippen LogP contribution in [0.25, 0.3) is 0 Å². The maximum absolute atomic E-state index is 13.1. The average Bonchev–Trinajstić information content (AvgIpc) is 2.79. The van der Waals surface area contributed by atoms with Gasteiger partial charge in [0.1, 0.15) is 11.4 Å². The molecule has 0 fully saturated rings. The van der Waals surface area contributed by atoms with Crippen LogP contribution in [0, 0.1) is 0 Å². The van der Waals surface area contributed by atoms with E-state index < -0.39 is 9.84 Å². The van der Waals surface area contributed by atoms with Gasteiger partial charge in [0.25, 0.3) is 5.91 Å². The Balaban J connectivity index is 1.32. The van der Waals surface area contributed by atoms with Crippen molar-refractivity contribution < 1.29 is 17.9 Å². The lowest BCUT2D eigenvalue weighted by molar-refractivity contribution is 0.0932. The third kappa shape index (κ3) is 5.06. The van der Waals surface area contributed by atoms with E-state index in [0.717, 1.165) is 23.2 Å². The normalized spacial score (nSPS) is 15.9. The summed E-state index contributed by atoms with van der Waals surface area (Å²) < 4.78 is 28.9. The van der Waals surface area contributed by atoms with Crippen molar-refractivity contribution in [3.63, 3.8) is 0 Å². The fourth-order valence-corrected chi connectivity index (χ4v) is 5.67. The highest BCUT2D eigenvalue weighted by Crippen LogP contribution is 2.37. The molecule has 0 bridgehead atoms. The second kappa shape index (κ2) is 9.27. The number of para-hydroxylation sites is 1. The van der Waals surface area contributed by atoms with Crippen molar-refractivity contribution in [1.82, 2.24) is 14.9 Å². The van der Waals surface area contributed by atoms with E-state index in [1.807, 2.05) is 23.1 Å². The molecular weight excluding hydrogens is 513 g/mol. The Morgan fingerprint density at radius 2 is 1.91 bits per heavy atom. The van der Waals surface area contributed by atoms with Crippen molar-refractivity contribution >= 4 is 56.3 Å². The zero-order valence-corrected chi connectivity index (χ0v) is 21.0. The van der Waals surface area contributed by atoms with Crippen molar-refractivity contribution in [3.8, 4) is 5.88 Å². The van der Waals surface area contributed by atoms with Gasteiger partial charge < -0.3 is 10.1 Å². The van der Waals surface area contributed by atoms with E-state index in [9.17, 15) is 13.2 Å². The summed E-state index contributed by atoms with van der Waals surface area (Å²) in [5.41, 5.74) is 3.58. The van der Waals surface area contributed by atoms with Crippen LogP contribution >= 0.6 is 23.2 Å². The molecule has 0 saturated carbocycles. The van der Waals surface area contributed by atoms with Gasteiger partial charge in [-0.25, -0.2) is 13.4 Å². The van der Waals surface area contributed by atoms with Gasteiger partial charge in [0, 0.05) is 31.2 Å². The number of halogens is 2. The molecule has 0 aliphatic carbocycles. The molecule has 1 N–H and O–H groups in total. The van der Waals surface area contributed by atoms with Crippen LogP contribution in [0.1, 0.15) is 21.5 Å². The second-order valence-electron chi connectivity index (χ2n) is 8.46. The van der Waals surface area contributed by atoms with E-state index in [1.54, 1.807) is 18.2 Å². The topological polar surface area (TPSA) is 105 Å². The minimum atomic E-state index is -3.07. The summed E-state index contributed by atoms with van der Waals surface area (Å²) >= 11 is 12.5. The van der Waals surface area contributed by atoms with Gasteiger partial charge in [0.2, 0.25) is 11.8 Å². The monoisotopic (exact) mass is 533 g/mol. The molecule has 12 heteroatoms. The van der Waals surface area contributed by atoms with Gasteiger partial charge >= 0.3 is 0 Å². The van der Waals surface area contributed by atoms with E-state index in [-0.39, 0.29) is 35.9 Å². The molecule has 2 aliphatic rings. The van der Waals surface area contributed by atoms with Crippen LogP contribution in [0.2, 0.25) is 10.0 Å². The zero-order valence-electron chi connectivity index (χ0n) is 18.7. The molecule has 1 amide bonds. The van der Waals surface area contributed by atoms with Crippen LogP contribution < -0.4 is 15.0 Å². The van der Waals surface area contributed by atoms with Crippen molar-refractivity contribution in [1.29, 1.82) is 0 Å². The fourth-order valence-electron chi connectivity index (χ4n) is 4.19. The molecular formula is C23H21Cl2N5O4S. The highest BCUT2D eigenvalue weighted by atomic mass is 35.5. The van der Waals surface area contributed by atoms with E-state index in [2.05, 4.69) is 15.3 Å². The number of aromatic nitrogens is 2. The van der Waals surface area contributed by atoms with E-state index in [1.165, 1.54) is 17.4 Å². The number of fused-ring (bicyclic) bond motifs is 2. The molecule has 0 saturated heterocycles. The molecule has 0 radical (unpaired) electrons. The molecule has 9 nitrogen and oxygen atoms in total. The average molecular weight is 534 g/mol. The molecule has 5 rings (SSSR count). The van der Waals surface area contributed by atoms with Crippen LogP contribution in [-0.4, -0.2) is 54.6 Å². The maximum atomic E-state index is 13.1. The Labute approximate surface area is 212 Å². The summed E-state index contributed by atoms with van der Waals surface area (Å²) in [5.74, 6) is 0.144. The number of sulfone groups is 1. The predicted molar refractivity (Wildman–Crippen MR) is 134 cm³/mol. The lowest BCUT2D eigenvalue weighted by Crippen LogP contribution is -2.39. The summed E-state index contributed by atoms with van der Waals surface area (Å²) in [5, 5.41) is 3.82. The first-order valence-electron chi connectivity index (χ1n) is 10.7. The third-order valence-electron chi connectivity index (χ3n) is 5.74. The maximum Gasteiger partial charge on any atom is 0.268 e. The molecule has 0 atom stereocenters. The number of nitrogens with one attached hydrogen (secondary N) is 1. The second-order valence-corrected chi connectivity index (χ2v) is 11.4. The lowest BCUT2D eigenvalue weighted by atomic mass is 9.99. The number of hydrogen-bond donors (Lipinski definition) is 1. The number of nitrogens with zero attached hydrogens (tertiary/aromatic N) is 4. The first-order valence-corrected chi connectivity index (χ1v) is 13.5. The molecule has 3 heterocycles. The number of carbonyl (C=O) groups is 1. The minimum absolute atomic E-state index is 0.0498. The molecule has 3 aromatic rings. The van der Waals surface area contributed by atoms with Crippen LogP contribution in [0.5, 0.6) is 5.88 Å². The summed E-state index contributed by atoms with van der Waals surface area (Å²) in [6, 6.07) is 10.9. The van der Waals surface area contributed by atoms with Gasteiger partial charge in [-0.3, -0.25) is 14.6 Å². The van der Waals surface area contributed by atoms with Crippen molar-refractivity contribution in [2.24, 2.45) is 0 Å². The van der Waals surface area contributed by atoms with Crippen LogP contribution in [-0.2, 0) is 22.8 Å². The Kier molecular flexibility index (Phi) is 6.30. The first kappa shape index (κ1) is 23.8. The van der Waals surface area contributed by atoms with E-state index in [0.29, 0.717) is 28.8 Å². The number of carbonyl (C=O) groups excluding carboxylic acids is 1. The third-order valence-corrected chi connectivity index (χ3v) is 7.18. The van der Waals surface area contributed by atoms with Gasteiger partial charge in [0.05, 0.1) is 15.7 Å². The zero-order chi connectivity index (χ0) is 24.7. The minimum Gasteiger partial charge on any atom is -0.455 e.